The average molecular weight is 526 g/mol. The summed E-state index contributed by atoms with van der Waals surface area (Å²) in [6.07, 6.45) is 3.17. The summed E-state index contributed by atoms with van der Waals surface area (Å²) in [5.74, 6) is 0.123. The van der Waals surface area contributed by atoms with Gasteiger partial charge in [0.15, 0.2) is 0 Å². The second-order valence-corrected chi connectivity index (χ2v) is 11.6. The van der Waals surface area contributed by atoms with Gasteiger partial charge in [-0.05, 0) is 41.8 Å². The number of hydrogen-bond acceptors (Lipinski definition) is 7. The van der Waals surface area contributed by atoms with Gasteiger partial charge < -0.3 is 14.7 Å². The number of likely N-dealkylation sites (N-methyl/N-ethyl adjacent to an activating group) is 1. The third kappa shape index (κ3) is 6.14. The Morgan fingerprint density at radius 3 is 2.59 bits per heavy atom. The van der Waals surface area contributed by atoms with Crippen molar-refractivity contribution in [1.29, 1.82) is 0 Å². The number of ether oxygens (including phenoxy) is 1. The van der Waals surface area contributed by atoms with Gasteiger partial charge in [-0.25, -0.2) is 0 Å². The largest absolute Gasteiger partial charge is 0.486 e. The standard InChI is InChI=1S/C28H35N3O5S/c1-20-17-31(21(2)19-32)37(34,35)27-12-11-24(23-9-5-4-6-10-23)15-25(27)36-26(20)18-30(3)28(33)14-22-8-7-13-29-16-22/h4-13,15-16,20-21,26,32,34-35H,14,17-19H2,1-3H3/t20-,21+,26+/m1/s1. The summed E-state index contributed by atoms with van der Waals surface area (Å²) >= 11 is 0. The van der Waals surface area contributed by atoms with Crippen LogP contribution in [0.5, 0.6) is 5.75 Å². The Bertz CT molecular complexity index is 1190. The number of aromatic nitrogens is 1. The van der Waals surface area contributed by atoms with E-state index >= 15 is 0 Å². The van der Waals surface area contributed by atoms with E-state index in [-0.39, 0.29) is 36.3 Å². The van der Waals surface area contributed by atoms with Crippen LogP contribution in [0.25, 0.3) is 11.1 Å². The van der Waals surface area contributed by atoms with Crippen molar-refractivity contribution in [1.82, 2.24) is 14.2 Å². The van der Waals surface area contributed by atoms with Crippen LogP contribution >= 0.6 is 10.8 Å². The van der Waals surface area contributed by atoms with Crippen LogP contribution in [0.4, 0.5) is 0 Å². The van der Waals surface area contributed by atoms with E-state index in [1.807, 2.05) is 55.5 Å². The highest BCUT2D eigenvalue weighted by molar-refractivity contribution is 8.22. The number of nitrogens with zero attached hydrogens (tertiary/aromatic N) is 3. The molecule has 1 aromatic heterocycles. The SMILES string of the molecule is C[C@@H]1CN([C@@H](C)CO)S(O)(O)c2ccc(-c3ccccc3)cc2O[C@H]1CN(C)C(=O)Cc1cccnc1. The summed E-state index contributed by atoms with van der Waals surface area (Å²) in [6, 6.07) is 18.3. The summed E-state index contributed by atoms with van der Waals surface area (Å²) < 4.78 is 30.8. The van der Waals surface area contributed by atoms with Gasteiger partial charge in [-0.1, -0.05) is 49.4 Å². The summed E-state index contributed by atoms with van der Waals surface area (Å²) in [6.45, 7) is 4.09. The minimum Gasteiger partial charge on any atom is -0.486 e. The van der Waals surface area contributed by atoms with Crippen LogP contribution in [0.2, 0.25) is 0 Å². The molecule has 8 nitrogen and oxygen atoms in total. The Kier molecular flexibility index (Phi) is 8.51. The van der Waals surface area contributed by atoms with Crippen molar-refractivity contribution in [3.05, 3.63) is 78.6 Å². The Morgan fingerprint density at radius 1 is 1.16 bits per heavy atom. The van der Waals surface area contributed by atoms with Gasteiger partial charge in [0.1, 0.15) is 16.7 Å². The fourth-order valence-corrected chi connectivity index (χ4v) is 6.36. The Labute approximate surface area is 220 Å². The Morgan fingerprint density at radius 2 is 1.92 bits per heavy atom. The number of hydrogen-bond donors (Lipinski definition) is 3. The zero-order valence-corrected chi connectivity index (χ0v) is 22.2. The first kappa shape index (κ1) is 27.1. The first-order chi connectivity index (χ1) is 17.7. The highest BCUT2D eigenvalue weighted by Gasteiger charge is 2.38. The molecule has 9 heteroatoms. The number of carbonyl (C=O) groups excluding carboxylic acids is 1. The molecule has 0 spiro atoms. The van der Waals surface area contributed by atoms with E-state index in [9.17, 15) is 19.0 Å². The molecule has 0 aliphatic carbocycles. The van der Waals surface area contributed by atoms with Crippen molar-refractivity contribution in [3.63, 3.8) is 0 Å². The van der Waals surface area contributed by atoms with Crippen molar-refractivity contribution >= 4 is 16.7 Å². The minimum atomic E-state index is -3.43. The number of rotatable bonds is 7. The summed E-state index contributed by atoms with van der Waals surface area (Å²) in [5, 5.41) is 9.89. The zero-order valence-electron chi connectivity index (χ0n) is 21.4. The number of amides is 1. The topological polar surface area (TPSA) is 106 Å². The lowest BCUT2D eigenvalue weighted by molar-refractivity contribution is -0.130. The first-order valence-corrected chi connectivity index (χ1v) is 13.9. The van der Waals surface area contributed by atoms with E-state index in [4.69, 9.17) is 4.74 Å². The summed E-state index contributed by atoms with van der Waals surface area (Å²) in [4.78, 5) is 19.0. The van der Waals surface area contributed by atoms with E-state index in [1.165, 1.54) is 0 Å². The van der Waals surface area contributed by atoms with E-state index in [1.54, 1.807) is 47.7 Å². The van der Waals surface area contributed by atoms with Crippen LogP contribution in [0.3, 0.4) is 0 Å². The van der Waals surface area contributed by atoms with Crippen LogP contribution in [0.15, 0.2) is 78.0 Å². The van der Waals surface area contributed by atoms with E-state index in [2.05, 4.69) is 4.98 Å². The molecule has 0 fully saturated rings. The number of aliphatic hydroxyl groups is 1. The smallest absolute Gasteiger partial charge is 0.226 e. The number of aliphatic hydroxyl groups excluding tert-OH is 1. The lowest BCUT2D eigenvalue weighted by atomic mass is 10.0. The second-order valence-electron chi connectivity index (χ2n) is 9.62. The Hall–Kier alpha value is -2.95. The molecule has 0 bridgehead atoms. The van der Waals surface area contributed by atoms with E-state index in [0.717, 1.165) is 16.7 Å². The number of carbonyl (C=O) groups is 1. The molecule has 2 aromatic carbocycles. The van der Waals surface area contributed by atoms with Crippen molar-refractivity contribution in [3.8, 4) is 16.9 Å². The lowest BCUT2D eigenvalue weighted by Gasteiger charge is -2.49. The molecule has 2 heterocycles. The van der Waals surface area contributed by atoms with Crippen molar-refractivity contribution in [2.45, 2.75) is 37.3 Å². The highest BCUT2D eigenvalue weighted by atomic mass is 32.3. The monoisotopic (exact) mass is 525 g/mol. The molecule has 3 atom stereocenters. The van der Waals surface area contributed by atoms with Crippen LogP contribution in [-0.4, -0.2) is 73.2 Å². The van der Waals surface area contributed by atoms with Gasteiger partial charge in [0.2, 0.25) is 5.91 Å². The third-order valence-electron chi connectivity index (χ3n) is 6.77. The first-order valence-electron chi connectivity index (χ1n) is 12.4. The van der Waals surface area contributed by atoms with Gasteiger partial charge in [-0.15, -0.1) is 10.8 Å². The van der Waals surface area contributed by atoms with Gasteiger partial charge in [-0.2, -0.15) is 4.31 Å². The molecule has 3 N–H and O–H groups in total. The van der Waals surface area contributed by atoms with Crippen molar-refractivity contribution in [2.75, 3.05) is 26.7 Å². The third-order valence-corrected chi connectivity index (χ3v) is 8.86. The van der Waals surface area contributed by atoms with Crippen LogP contribution in [0, 0.1) is 5.92 Å². The normalized spacial score (nSPS) is 21.0. The molecule has 0 saturated heterocycles. The van der Waals surface area contributed by atoms with Crippen LogP contribution in [0.1, 0.15) is 19.4 Å². The van der Waals surface area contributed by atoms with Gasteiger partial charge in [0, 0.05) is 37.9 Å². The van der Waals surface area contributed by atoms with Gasteiger partial charge >= 0.3 is 0 Å². The molecular weight excluding hydrogens is 490 g/mol. The molecule has 3 aromatic rings. The molecule has 198 valence electrons. The number of fused-ring (bicyclic) bond motifs is 1. The number of benzene rings is 2. The van der Waals surface area contributed by atoms with E-state index in [0.29, 0.717) is 12.3 Å². The average Bonchev–Trinajstić information content (AvgIpc) is 2.91. The summed E-state index contributed by atoms with van der Waals surface area (Å²) in [5.41, 5.74) is 2.69. The molecule has 1 amide bonds. The highest BCUT2D eigenvalue weighted by Crippen LogP contribution is 2.58. The number of pyridine rings is 1. The molecule has 1 aliphatic rings. The maximum atomic E-state index is 13.0. The lowest BCUT2D eigenvalue weighted by Crippen LogP contribution is -2.48. The van der Waals surface area contributed by atoms with Crippen LogP contribution < -0.4 is 4.74 Å². The quantitative estimate of drug-likeness (QED) is 0.415. The maximum absolute atomic E-state index is 13.0. The van der Waals surface area contributed by atoms with Crippen molar-refractivity contribution < 1.29 is 23.7 Å². The minimum absolute atomic E-state index is 0.0611. The maximum Gasteiger partial charge on any atom is 0.226 e. The fourth-order valence-electron chi connectivity index (χ4n) is 4.47. The molecule has 0 radical (unpaired) electrons. The van der Waals surface area contributed by atoms with Gasteiger partial charge in [0.25, 0.3) is 0 Å². The molecular formula is C28H35N3O5S. The van der Waals surface area contributed by atoms with E-state index < -0.39 is 22.9 Å². The molecule has 0 saturated carbocycles. The predicted octanol–water partition coefficient (Wildman–Crippen LogP) is 4.55. The van der Waals surface area contributed by atoms with Crippen molar-refractivity contribution in [2.24, 2.45) is 5.92 Å². The summed E-state index contributed by atoms with van der Waals surface area (Å²) in [7, 11) is -1.69. The van der Waals surface area contributed by atoms with Crippen LogP contribution in [-0.2, 0) is 11.2 Å². The fraction of sp³-hybridized carbons (Fsp3) is 0.357. The predicted molar refractivity (Wildman–Crippen MR) is 145 cm³/mol. The van der Waals surface area contributed by atoms with Gasteiger partial charge in [0.05, 0.1) is 19.6 Å². The molecule has 0 unspecified atom stereocenters. The molecule has 37 heavy (non-hydrogen) atoms. The molecule has 4 rings (SSSR count). The van der Waals surface area contributed by atoms with Gasteiger partial charge in [-0.3, -0.25) is 18.9 Å². The molecule has 1 aliphatic heterocycles. The second kappa shape index (κ2) is 11.6. The Balaban J connectivity index is 1.67. The zero-order chi connectivity index (χ0) is 26.6.